The second kappa shape index (κ2) is 7.24. The number of aryl methyl sites for hydroxylation is 1. The summed E-state index contributed by atoms with van der Waals surface area (Å²) in [4.78, 5) is 2.62. The van der Waals surface area contributed by atoms with Gasteiger partial charge in [-0.1, -0.05) is 44.5 Å². The molecule has 0 amide bonds. The molecule has 1 heterocycles. The van der Waals surface area contributed by atoms with E-state index in [1.54, 1.807) is 0 Å². The fourth-order valence-corrected chi connectivity index (χ4v) is 3.45. The van der Waals surface area contributed by atoms with Crippen molar-refractivity contribution in [1.29, 1.82) is 0 Å². The van der Waals surface area contributed by atoms with Crippen LogP contribution >= 0.6 is 0 Å². The predicted molar refractivity (Wildman–Crippen MR) is 86.8 cm³/mol. The molecule has 112 valence electrons. The second-order valence-electron chi connectivity index (χ2n) is 6.28. The molecule has 2 heteroatoms. The Morgan fingerprint density at radius 3 is 2.50 bits per heavy atom. The van der Waals surface area contributed by atoms with E-state index >= 15 is 0 Å². The summed E-state index contributed by atoms with van der Waals surface area (Å²) in [7, 11) is 0. The Balaban J connectivity index is 1.98. The van der Waals surface area contributed by atoms with Crippen LogP contribution in [0.1, 0.15) is 63.6 Å². The van der Waals surface area contributed by atoms with E-state index in [0.717, 1.165) is 19.0 Å². The number of rotatable bonds is 6. The third kappa shape index (κ3) is 3.62. The number of hydrogen-bond acceptors (Lipinski definition) is 2. The molecule has 0 bridgehead atoms. The Bertz CT molecular complexity index is 398. The zero-order valence-corrected chi connectivity index (χ0v) is 13.3. The lowest BCUT2D eigenvalue weighted by Crippen LogP contribution is -2.39. The number of hydrogen-bond donors (Lipinski definition) is 1. The normalized spacial score (nSPS) is 25.0. The molecule has 20 heavy (non-hydrogen) atoms. The van der Waals surface area contributed by atoms with Gasteiger partial charge in [0.05, 0.1) is 0 Å². The SMILES string of the molecule is CCCc1ccc(C(N)CN2C(C)CCC2CC)cc1. The first-order valence-corrected chi connectivity index (χ1v) is 8.25. The van der Waals surface area contributed by atoms with Crippen LogP contribution < -0.4 is 5.73 Å². The highest BCUT2D eigenvalue weighted by Gasteiger charge is 2.30. The van der Waals surface area contributed by atoms with E-state index in [1.165, 1.54) is 36.8 Å². The molecule has 2 N–H and O–H groups in total. The number of nitrogens with zero attached hydrogens (tertiary/aromatic N) is 1. The fourth-order valence-electron chi connectivity index (χ4n) is 3.45. The second-order valence-corrected chi connectivity index (χ2v) is 6.28. The molecule has 0 spiro atoms. The quantitative estimate of drug-likeness (QED) is 0.852. The number of nitrogens with two attached hydrogens (primary N) is 1. The van der Waals surface area contributed by atoms with Crippen molar-refractivity contribution in [2.45, 2.75) is 71.0 Å². The lowest BCUT2D eigenvalue weighted by Gasteiger charge is -2.30. The molecular weight excluding hydrogens is 244 g/mol. The van der Waals surface area contributed by atoms with Crippen molar-refractivity contribution in [3.63, 3.8) is 0 Å². The topological polar surface area (TPSA) is 29.3 Å². The summed E-state index contributed by atoms with van der Waals surface area (Å²) in [5, 5.41) is 0. The van der Waals surface area contributed by atoms with Crippen molar-refractivity contribution in [2.24, 2.45) is 5.73 Å². The molecule has 0 radical (unpaired) electrons. The molecule has 1 aromatic rings. The van der Waals surface area contributed by atoms with Crippen LogP contribution in [0.25, 0.3) is 0 Å². The van der Waals surface area contributed by atoms with Gasteiger partial charge in [0.25, 0.3) is 0 Å². The van der Waals surface area contributed by atoms with Gasteiger partial charge in [-0.2, -0.15) is 0 Å². The largest absolute Gasteiger partial charge is 0.323 e. The highest BCUT2D eigenvalue weighted by Crippen LogP contribution is 2.28. The van der Waals surface area contributed by atoms with E-state index in [-0.39, 0.29) is 6.04 Å². The molecule has 3 atom stereocenters. The van der Waals surface area contributed by atoms with Crippen molar-refractivity contribution in [3.05, 3.63) is 35.4 Å². The van der Waals surface area contributed by atoms with Gasteiger partial charge >= 0.3 is 0 Å². The summed E-state index contributed by atoms with van der Waals surface area (Å²) in [6.07, 6.45) is 6.26. The third-order valence-electron chi connectivity index (χ3n) is 4.78. The molecule has 1 fully saturated rings. The molecule has 0 aromatic heterocycles. The molecule has 1 aliphatic rings. The van der Waals surface area contributed by atoms with E-state index in [1.807, 2.05) is 0 Å². The van der Waals surface area contributed by atoms with Crippen molar-refractivity contribution < 1.29 is 0 Å². The minimum absolute atomic E-state index is 0.139. The maximum atomic E-state index is 6.44. The van der Waals surface area contributed by atoms with Crippen LogP contribution in [0.5, 0.6) is 0 Å². The molecule has 2 nitrogen and oxygen atoms in total. The van der Waals surface area contributed by atoms with Gasteiger partial charge in [0, 0.05) is 24.7 Å². The standard InChI is InChI=1S/C18H30N2/c1-4-6-15-8-10-16(11-9-15)18(19)13-20-14(3)7-12-17(20)5-2/h8-11,14,17-18H,4-7,12-13,19H2,1-3H3. The Morgan fingerprint density at radius 2 is 1.90 bits per heavy atom. The summed E-state index contributed by atoms with van der Waals surface area (Å²) < 4.78 is 0. The van der Waals surface area contributed by atoms with Crippen LogP contribution in [0, 0.1) is 0 Å². The van der Waals surface area contributed by atoms with E-state index in [9.17, 15) is 0 Å². The van der Waals surface area contributed by atoms with Crippen molar-refractivity contribution in [3.8, 4) is 0 Å². The fraction of sp³-hybridized carbons (Fsp3) is 0.667. The van der Waals surface area contributed by atoms with Crippen molar-refractivity contribution in [1.82, 2.24) is 4.90 Å². The first-order valence-electron chi connectivity index (χ1n) is 8.25. The van der Waals surface area contributed by atoms with Crippen molar-refractivity contribution in [2.75, 3.05) is 6.54 Å². The van der Waals surface area contributed by atoms with Gasteiger partial charge in [-0.15, -0.1) is 0 Å². The summed E-state index contributed by atoms with van der Waals surface area (Å²) in [6, 6.07) is 10.5. The van der Waals surface area contributed by atoms with Crippen molar-refractivity contribution >= 4 is 0 Å². The Hall–Kier alpha value is -0.860. The van der Waals surface area contributed by atoms with Gasteiger partial charge in [0.2, 0.25) is 0 Å². The molecule has 0 saturated carbocycles. The van der Waals surface area contributed by atoms with Gasteiger partial charge in [-0.25, -0.2) is 0 Å². The van der Waals surface area contributed by atoms with Crippen LogP contribution in [0.2, 0.25) is 0 Å². The maximum absolute atomic E-state index is 6.44. The molecule has 1 saturated heterocycles. The van der Waals surface area contributed by atoms with Crippen LogP contribution in [-0.2, 0) is 6.42 Å². The van der Waals surface area contributed by atoms with Crippen LogP contribution in [0.15, 0.2) is 24.3 Å². The molecule has 0 aliphatic carbocycles. The molecule has 1 aromatic carbocycles. The third-order valence-corrected chi connectivity index (χ3v) is 4.78. The Kier molecular flexibility index (Phi) is 5.62. The average Bonchev–Trinajstić information content (AvgIpc) is 2.81. The smallest absolute Gasteiger partial charge is 0.0424 e. The highest BCUT2D eigenvalue weighted by molar-refractivity contribution is 5.25. The number of benzene rings is 1. The Morgan fingerprint density at radius 1 is 1.20 bits per heavy atom. The predicted octanol–water partition coefficient (Wildman–Crippen LogP) is 3.90. The first-order chi connectivity index (χ1) is 9.65. The van der Waals surface area contributed by atoms with Gasteiger partial charge in [-0.05, 0) is 43.7 Å². The van der Waals surface area contributed by atoms with E-state index < -0.39 is 0 Å². The molecule has 1 aliphatic heterocycles. The van der Waals surface area contributed by atoms with Gasteiger partial charge in [-0.3, -0.25) is 4.90 Å². The summed E-state index contributed by atoms with van der Waals surface area (Å²) in [5.41, 5.74) is 9.13. The lowest BCUT2D eigenvalue weighted by atomic mass is 10.0. The van der Waals surface area contributed by atoms with E-state index in [0.29, 0.717) is 6.04 Å². The number of likely N-dealkylation sites (tertiary alicyclic amines) is 1. The average molecular weight is 274 g/mol. The Labute approximate surface area is 124 Å². The minimum atomic E-state index is 0.139. The summed E-state index contributed by atoms with van der Waals surface area (Å²) >= 11 is 0. The van der Waals surface area contributed by atoms with Gasteiger partial charge < -0.3 is 5.73 Å². The van der Waals surface area contributed by atoms with Gasteiger partial charge in [0.15, 0.2) is 0 Å². The maximum Gasteiger partial charge on any atom is 0.0424 e. The zero-order valence-electron chi connectivity index (χ0n) is 13.3. The van der Waals surface area contributed by atoms with Crippen LogP contribution in [0.3, 0.4) is 0 Å². The van der Waals surface area contributed by atoms with Crippen LogP contribution in [-0.4, -0.2) is 23.5 Å². The lowest BCUT2D eigenvalue weighted by molar-refractivity contribution is 0.186. The van der Waals surface area contributed by atoms with Crippen LogP contribution in [0.4, 0.5) is 0 Å². The summed E-state index contributed by atoms with van der Waals surface area (Å²) in [6.45, 7) is 7.85. The minimum Gasteiger partial charge on any atom is -0.323 e. The first kappa shape index (κ1) is 15.5. The monoisotopic (exact) mass is 274 g/mol. The van der Waals surface area contributed by atoms with E-state index in [4.69, 9.17) is 5.73 Å². The highest BCUT2D eigenvalue weighted by atomic mass is 15.2. The van der Waals surface area contributed by atoms with Gasteiger partial charge in [0.1, 0.15) is 0 Å². The molecule has 2 rings (SSSR count). The molecule has 3 unspecified atom stereocenters. The molecular formula is C18H30N2. The summed E-state index contributed by atoms with van der Waals surface area (Å²) in [5.74, 6) is 0. The zero-order chi connectivity index (χ0) is 14.5. The van der Waals surface area contributed by atoms with E-state index in [2.05, 4.69) is 49.9 Å².